The smallest absolute Gasteiger partial charge is 0.222 e. The third-order valence-electron chi connectivity index (χ3n) is 6.58. The Morgan fingerprint density at radius 2 is 1.93 bits per heavy atom. The number of hydrogen-bond acceptors (Lipinski definition) is 5. The van der Waals surface area contributed by atoms with Gasteiger partial charge in [-0.05, 0) is 44.9 Å². The molecule has 0 N–H and O–H groups in total. The minimum absolute atomic E-state index is 0.273. The van der Waals surface area contributed by atoms with Crippen molar-refractivity contribution in [3.05, 3.63) is 36.3 Å². The van der Waals surface area contributed by atoms with Gasteiger partial charge >= 0.3 is 0 Å². The minimum atomic E-state index is 0.273. The fourth-order valence-electron chi connectivity index (χ4n) is 4.61. The van der Waals surface area contributed by atoms with Crippen molar-refractivity contribution in [1.29, 1.82) is 0 Å². The highest BCUT2D eigenvalue weighted by Gasteiger charge is 2.41. The number of rotatable bonds is 5. The number of aromatic nitrogens is 4. The highest BCUT2D eigenvalue weighted by atomic mass is 16.2. The lowest BCUT2D eigenvalue weighted by molar-refractivity contribution is -0.138. The quantitative estimate of drug-likeness (QED) is 0.795. The van der Waals surface area contributed by atoms with Crippen LogP contribution < -0.4 is 4.90 Å². The molecule has 0 aromatic carbocycles. The molecule has 1 amide bonds. The van der Waals surface area contributed by atoms with Crippen molar-refractivity contribution in [3.8, 4) is 0 Å². The first-order chi connectivity index (χ1) is 13.6. The van der Waals surface area contributed by atoms with Crippen molar-refractivity contribution < 1.29 is 4.79 Å². The standard InChI is InChI=1S/C21H30N6O/c1-17-18(2)23-15-24-20(17)26-11-6-21(7-12-26)5-4-19(28)27(14-21)10-3-9-25-13-8-22-16-25/h8,13,15-16H,3-7,9-12,14H2,1-2H3. The van der Waals surface area contributed by atoms with Gasteiger partial charge in [-0.15, -0.1) is 0 Å². The maximum absolute atomic E-state index is 12.5. The molecule has 2 fully saturated rings. The normalized spacial score (nSPS) is 19.4. The number of aryl methyl sites for hydroxylation is 2. The summed E-state index contributed by atoms with van der Waals surface area (Å²) in [5, 5.41) is 0. The fraction of sp³-hybridized carbons (Fsp3) is 0.619. The van der Waals surface area contributed by atoms with Crippen LogP contribution in [0, 0.1) is 19.3 Å². The predicted octanol–water partition coefficient (Wildman–Crippen LogP) is 2.59. The summed E-state index contributed by atoms with van der Waals surface area (Å²) in [7, 11) is 0. The van der Waals surface area contributed by atoms with Crippen molar-refractivity contribution >= 4 is 11.7 Å². The molecule has 7 heteroatoms. The zero-order chi connectivity index (χ0) is 19.6. The maximum atomic E-state index is 12.5. The van der Waals surface area contributed by atoms with E-state index >= 15 is 0 Å². The highest BCUT2D eigenvalue weighted by molar-refractivity contribution is 5.77. The van der Waals surface area contributed by atoms with Crippen LogP contribution in [0.3, 0.4) is 0 Å². The fourth-order valence-corrected chi connectivity index (χ4v) is 4.61. The molecule has 2 aliphatic heterocycles. The third-order valence-corrected chi connectivity index (χ3v) is 6.58. The van der Waals surface area contributed by atoms with Crippen LogP contribution in [-0.2, 0) is 11.3 Å². The van der Waals surface area contributed by atoms with Gasteiger partial charge in [-0.2, -0.15) is 0 Å². The molecule has 2 aromatic rings. The molecular weight excluding hydrogens is 352 g/mol. The molecule has 2 aliphatic rings. The van der Waals surface area contributed by atoms with E-state index in [2.05, 4.69) is 36.2 Å². The summed E-state index contributed by atoms with van der Waals surface area (Å²) in [4.78, 5) is 29.9. The third kappa shape index (κ3) is 3.88. The molecule has 0 unspecified atom stereocenters. The molecule has 28 heavy (non-hydrogen) atoms. The minimum Gasteiger partial charge on any atom is -0.356 e. The summed E-state index contributed by atoms with van der Waals surface area (Å²) in [6.45, 7) is 8.83. The molecule has 4 heterocycles. The molecule has 4 rings (SSSR count). The van der Waals surface area contributed by atoms with Crippen LogP contribution in [0.25, 0.3) is 0 Å². The van der Waals surface area contributed by atoms with Gasteiger partial charge in [-0.3, -0.25) is 4.79 Å². The maximum Gasteiger partial charge on any atom is 0.222 e. The van der Waals surface area contributed by atoms with E-state index in [1.165, 1.54) is 5.56 Å². The number of anilines is 1. The van der Waals surface area contributed by atoms with Crippen LogP contribution >= 0.6 is 0 Å². The Hall–Kier alpha value is -2.44. The lowest BCUT2D eigenvalue weighted by Gasteiger charge is -2.48. The number of likely N-dealkylation sites (tertiary alicyclic amines) is 1. The number of piperidine rings is 2. The van der Waals surface area contributed by atoms with Crippen LogP contribution in [0.1, 0.15) is 43.4 Å². The van der Waals surface area contributed by atoms with Gasteiger partial charge in [0.05, 0.1) is 6.33 Å². The highest BCUT2D eigenvalue weighted by Crippen LogP contribution is 2.41. The van der Waals surface area contributed by atoms with Crippen LogP contribution in [0.4, 0.5) is 5.82 Å². The summed E-state index contributed by atoms with van der Waals surface area (Å²) < 4.78 is 2.08. The molecular formula is C21H30N6O. The topological polar surface area (TPSA) is 67.2 Å². The van der Waals surface area contributed by atoms with E-state index < -0.39 is 0 Å². The molecule has 0 radical (unpaired) electrons. The summed E-state index contributed by atoms with van der Waals surface area (Å²) in [5.41, 5.74) is 2.51. The van der Waals surface area contributed by atoms with Gasteiger partial charge < -0.3 is 14.4 Å². The average molecular weight is 383 g/mol. The van der Waals surface area contributed by atoms with Gasteiger partial charge in [-0.25, -0.2) is 15.0 Å². The van der Waals surface area contributed by atoms with Gasteiger partial charge in [0.2, 0.25) is 5.91 Å². The van der Waals surface area contributed by atoms with Crippen LogP contribution in [-0.4, -0.2) is 56.5 Å². The number of amides is 1. The Labute approximate surface area is 166 Å². The van der Waals surface area contributed by atoms with E-state index in [1.54, 1.807) is 12.5 Å². The van der Waals surface area contributed by atoms with Gasteiger partial charge in [-0.1, -0.05) is 0 Å². The van der Waals surface area contributed by atoms with Crippen molar-refractivity contribution in [2.45, 2.75) is 52.5 Å². The van der Waals surface area contributed by atoms with E-state index in [0.29, 0.717) is 12.3 Å². The number of carbonyl (C=O) groups is 1. The summed E-state index contributed by atoms with van der Waals surface area (Å²) >= 11 is 0. The molecule has 0 bridgehead atoms. The van der Waals surface area contributed by atoms with E-state index in [9.17, 15) is 4.79 Å². The SMILES string of the molecule is Cc1ncnc(N2CCC3(CCC(=O)N(CCCn4ccnc4)C3)CC2)c1C. The summed E-state index contributed by atoms with van der Waals surface area (Å²) in [6.07, 6.45) is 12.2. The van der Waals surface area contributed by atoms with Crippen LogP contribution in [0.5, 0.6) is 0 Å². The molecule has 2 aromatic heterocycles. The first kappa shape index (κ1) is 18.9. The zero-order valence-corrected chi connectivity index (χ0v) is 17.0. The van der Waals surface area contributed by atoms with Crippen molar-refractivity contribution in [3.63, 3.8) is 0 Å². The molecule has 0 atom stereocenters. The van der Waals surface area contributed by atoms with Crippen molar-refractivity contribution in [1.82, 2.24) is 24.4 Å². The lowest BCUT2D eigenvalue weighted by Crippen LogP contribution is -2.52. The van der Waals surface area contributed by atoms with Crippen LogP contribution in [0.15, 0.2) is 25.0 Å². The first-order valence-corrected chi connectivity index (χ1v) is 10.3. The molecule has 0 aliphatic carbocycles. The molecule has 2 saturated heterocycles. The largest absolute Gasteiger partial charge is 0.356 e. The number of carbonyl (C=O) groups excluding carboxylic acids is 1. The average Bonchev–Trinajstić information content (AvgIpc) is 3.21. The van der Waals surface area contributed by atoms with Crippen molar-refractivity contribution in [2.24, 2.45) is 5.41 Å². The van der Waals surface area contributed by atoms with E-state index in [4.69, 9.17) is 0 Å². The Morgan fingerprint density at radius 3 is 2.68 bits per heavy atom. The second kappa shape index (κ2) is 7.89. The van der Waals surface area contributed by atoms with Gasteiger partial charge in [0.25, 0.3) is 0 Å². The zero-order valence-electron chi connectivity index (χ0n) is 17.0. The van der Waals surface area contributed by atoms with Gasteiger partial charge in [0.1, 0.15) is 12.1 Å². The molecule has 0 saturated carbocycles. The Balaban J connectivity index is 1.35. The van der Waals surface area contributed by atoms with Crippen LogP contribution in [0.2, 0.25) is 0 Å². The Kier molecular flexibility index (Phi) is 5.33. The first-order valence-electron chi connectivity index (χ1n) is 10.3. The van der Waals surface area contributed by atoms with Gasteiger partial charge in [0.15, 0.2) is 0 Å². The Bertz CT molecular complexity index is 810. The van der Waals surface area contributed by atoms with Gasteiger partial charge in [0, 0.05) is 62.8 Å². The molecule has 7 nitrogen and oxygen atoms in total. The number of imidazole rings is 1. The molecule has 1 spiro atoms. The molecule has 150 valence electrons. The monoisotopic (exact) mass is 382 g/mol. The number of nitrogens with zero attached hydrogens (tertiary/aromatic N) is 6. The van der Waals surface area contributed by atoms with E-state index in [0.717, 1.165) is 69.9 Å². The Morgan fingerprint density at radius 1 is 1.11 bits per heavy atom. The van der Waals surface area contributed by atoms with E-state index in [-0.39, 0.29) is 5.41 Å². The van der Waals surface area contributed by atoms with E-state index in [1.807, 2.05) is 19.4 Å². The predicted molar refractivity (Wildman–Crippen MR) is 108 cm³/mol. The lowest BCUT2D eigenvalue weighted by atomic mass is 9.72. The summed E-state index contributed by atoms with van der Waals surface area (Å²) in [6, 6.07) is 0. The van der Waals surface area contributed by atoms with Crippen molar-refractivity contribution in [2.75, 3.05) is 31.1 Å². The second-order valence-corrected chi connectivity index (χ2v) is 8.36. The second-order valence-electron chi connectivity index (χ2n) is 8.36. The summed E-state index contributed by atoms with van der Waals surface area (Å²) in [5.74, 6) is 1.40. The number of hydrogen-bond donors (Lipinski definition) is 0.